The lowest BCUT2D eigenvalue weighted by Gasteiger charge is -2.30. The second kappa shape index (κ2) is 12.8. The summed E-state index contributed by atoms with van der Waals surface area (Å²) in [6.45, 7) is 0. The Bertz CT molecular complexity index is 3760. The number of rotatable bonds is 4. The molecule has 5 nitrogen and oxygen atoms in total. The van der Waals surface area contributed by atoms with E-state index in [9.17, 15) is 0 Å². The van der Waals surface area contributed by atoms with Crippen molar-refractivity contribution in [2.24, 2.45) is 0 Å². The molecule has 9 aromatic carbocycles. The van der Waals surface area contributed by atoms with Gasteiger partial charge in [-0.2, -0.15) is 0 Å². The van der Waals surface area contributed by atoms with Crippen molar-refractivity contribution >= 4 is 43.7 Å². The van der Waals surface area contributed by atoms with Crippen LogP contribution in [0, 0.1) is 0 Å². The molecule has 14 rings (SSSR count). The molecule has 0 radical (unpaired) electrons. The third-order valence-electron chi connectivity index (χ3n) is 13.5. The van der Waals surface area contributed by atoms with Gasteiger partial charge in [-0.15, -0.1) is 0 Å². The van der Waals surface area contributed by atoms with Crippen LogP contribution in [0.3, 0.4) is 0 Å². The monoisotopic (exact) mass is 802 g/mol. The van der Waals surface area contributed by atoms with E-state index in [4.69, 9.17) is 19.4 Å². The first-order chi connectivity index (χ1) is 31.3. The fourth-order valence-corrected chi connectivity index (χ4v) is 11.0. The fourth-order valence-electron chi connectivity index (χ4n) is 11.0. The summed E-state index contributed by atoms with van der Waals surface area (Å²) >= 11 is 0. The topological polar surface area (TPSA) is 56.7 Å². The number of nitrogens with zero attached hydrogens (tertiary/aromatic N) is 4. The highest BCUT2D eigenvalue weighted by atomic mass is 16.3. The minimum atomic E-state index is -0.437. The molecule has 2 aliphatic rings. The van der Waals surface area contributed by atoms with Crippen LogP contribution in [-0.2, 0) is 5.41 Å². The lowest BCUT2D eigenvalue weighted by molar-refractivity contribution is 0.669. The largest absolute Gasteiger partial charge is 0.455 e. The smallest absolute Gasteiger partial charge is 0.167 e. The summed E-state index contributed by atoms with van der Waals surface area (Å²) in [7, 11) is 0. The van der Waals surface area contributed by atoms with Gasteiger partial charge in [-0.1, -0.05) is 176 Å². The number of benzene rings is 9. The van der Waals surface area contributed by atoms with Crippen molar-refractivity contribution in [2.75, 3.05) is 0 Å². The van der Waals surface area contributed by atoms with Gasteiger partial charge < -0.3 is 8.98 Å². The normalized spacial score (nSPS) is 13.2. The van der Waals surface area contributed by atoms with Gasteiger partial charge in [-0.25, -0.2) is 15.0 Å². The van der Waals surface area contributed by atoms with Crippen molar-refractivity contribution in [3.63, 3.8) is 0 Å². The standard InChI is InChI=1S/C58H34N4O/c1-3-17-35(18-4-1)55-59-56(36-19-5-2-6-20-36)61-57(60-55)42-31-33-49(53-41-25-11-16-30-50(41)63-54(42)53)62-47-29-15-10-24-40(47)52-48(62)34-32-46-51(52)39-23-9-14-28-45(39)58(46)43-26-12-7-21-37(43)38-22-8-13-27-44(38)58/h1-34H. The van der Waals surface area contributed by atoms with Gasteiger partial charge in [-0.3, -0.25) is 0 Å². The zero-order valence-electron chi connectivity index (χ0n) is 33.8. The summed E-state index contributed by atoms with van der Waals surface area (Å²) in [6, 6.07) is 73.6. The molecule has 0 fully saturated rings. The van der Waals surface area contributed by atoms with Gasteiger partial charge in [0.2, 0.25) is 0 Å². The second-order valence-electron chi connectivity index (χ2n) is 16.6. The van der Waals surface area contributed by atoms with E-state index in [2.05, 4.69) is 138 Å². The van der Waals surface area contributed by atoms with E-state index in [1.54, 1.807) is 0 Å². The zero-order valence-corrected chi connectivity index (χ0v) is 33.8. The Labute approximate surface area is 362 Å². The highest BCUT2D eigenvalue weighted by Crippen LogP contribution is 2.64. The SMILES string of the molecule is c1ccc(-c2nc(-c3ccccc3)nc(-c3ccc(-n4c5ccccc5c5c6c(ccc54)C4(c5ccccc5-c5ccccc54)c4ccccc4-6)c4c3oc3ccccc34)n2)cc1. The minimum Gasteiger partial charge on any atom is -0.455 e. The Hall–Kier alpha value is -8.41. The molecule has 0 amide bonds. The van der Waals surface area contributed by atoms with Crippen molar-refractivity contribution in [2.45, 2.75) is 5.41 Å². The summed E-state index contributed by atoms with van der Waals surface area (Å²) in [4.78, 5) is 15.3. The molecule has 0 aliphatic heterocycles. The van der Waals surface area contributed by atoms with Crippen molar-refractivity contribution in [1.29, 1.82) is 0 Å². The predicted molar refractivity (Wildman–Crippen MR) is 254 cm³/mol. The second-order valence-corrected chi connectivity index (χ2v) is 16.6. The number of fused-ring (bicyclic) bond motifs is 17. The molecule has 1 spiro atoms. The molecular formula is C58H34N4O. The van der Waals surface area contributed by atoms with Crippen LogP contribution in [0.4, 0.5) is 0 Å². The lowest BCUT2D eigenvalue weighted by atomic mass is 9.70. The number of hydrogen-bond acceptors (Lipinski definition) is 4. The zero-order chi connectivity index (χ0) is 41.2. The Morgan fingerprint density at radius 2 is 0.905 bits per heavy atom. The number of hydrogen-bond donors (Lipinski definition) is 0. The Morgan fingerprint density at radius 3 is 1.59 bits per heavy atom. The Kier molecular flexibility index (Phi) is 6.97. The summed E-state index contributed by atoms with van der Waals surface area (Å²) in [6.07, 6.45) is 0. The molecule has 0 saturated carbocycles. The molecule has 0 unspecified atom stereocenters. The first-order valence-corrected chi connectivity index (χ1v) is 21.5. The van der Waals surface area contributed by atoms with Crippen molar-refractivity contribution in [3.8, 4) is 62.1 Å². The Morgan fingerprint density at radius 1 is 0.365 bits per heavy atom. The molecule has 12 aromatic rings. The molecule has 292 valence electrons. The highest BCUT2D eigenvalue weighted by Gasteiger charge is 2.52. The van der Waals surface area contributed by atoms with Crippen LogP contribution in [0.1, 0.15) is 22.3 Å². The third-order valence-corrected chi connectivity index (χ3v) is 13.5. The summed E-state index contributed by atoms with van der Waals surface area (Å²) in [5, 5.41) is 4.49. The maximum Gasteiger partial charge on any atom is 0.167 e. The van der Waals surface area contributed by atoms with Crippen LogP contribution in [0.25, 0.3) is 106 Å². The molecule has 3 aromatic heterocycles. The number of para-hydroxylation sites is 2. The summed E-state index contributed by atoms with van der Waals surface area (Å²) in [5.41, 5.74) is 17.5. The molecule has 5 heteroatoms. The third kappa shape index (κ3) is 4.57. The van der Waals surface area contributed by atoms with Gasteiger partial charge in [0, 0.05) is 27.3 Å². The summed E-state index contributed by atoms with van der Waals surface area (Å²) < 4.78 is 9.37. The van der Waals surface area contributed by atoms with E-state index >= 15 is 0 Å². The average Bonchev–Trinajstić information content (AvgIpc) is 4.08. The van der Waals surface area contributed by atoms with Gasteiger partial charge in [0.25, 0.3) is 0 Å². The van der Waals surface area contributed by atoms with E-state index in [-0.39, 0.29) is 0 Å². The van der Waals surface area contributed by atoms with Crippen LogP contribution >= 0.6 is 0 Å². The van der Waals surface area contributed by atoms with Crippen molar-refractivity contribution in [3.05, 3.63) is 229 Å². The maximum atomic E-state index is 6.93. The van der Waals surface area contributed by atoms with E-state index in [1.807, 2.05) is 72.8 Å². The molecule has 3 heterocycles. The van der Waals surface area contributed by atoms with Crippen molar-refractivity contribution in [1.82, 2.24) is 19.5 Å². The quantitative estimate of drug-likeness (QED) is 0.178. The van der Waals surface area contributed by atoms with E-state index in [1.165, 1.54) is 55.3 Å². The van der Waals surface area contributed by atoms with Gasteiger partial charge >= 0.3 is 0 Å². The molecule has 2 aliphatic carbocycles. The van der Waals surface area contributed by atoms with Crippen LogP contribution in [-0.4, -0.2) is 19.5 Å². The van der Waals surface area contributed by atoms with Gasteiger partial charge in [0.15, 0.2) is 17.5 Å². The first-order valence-electron chi connectivity index (χ1n) is 21.5. The van der Waals surface area contributed by atoms with E-state index in [0.29, 0.717) is 17.5 Å². The minimum absolute atomic E-state index is 0.437. The van der Waals surface area contributed by atoms with Crippen LogP contribution in [0.2, 0.25) is 0 Å². The molecule has 0 saturated heterocycles. The maximum absolute atomic E-state index is 6.93. The fraction of sp³-hybridized carbons (Fsp3) is 0.0172. The van der Waals surface area contributed by atoms with Crippen LogP contribution in [0.5, 0.6) is 0 Å². The molecule has 0 bridgehead atoms. The van der Waals surface area contributed by atoms with E-state index in [0.717, 1.165) is 55.3 Å². The number of aromatic nitrogens is 4. The first kappa shape index (κ1) is 34.3. The van der Waals surface area contributed by atoms with Gasteiger partial charge in [0.05, 0.1) is 33.1 Å². The highest BCUT2D eigenvalue weighted by molar-refractivity contribution is 6.21. The lowest BCUT2D eigenvalue weighted by Crippen LogP contribution is -2.25. The van der Waals surface area contributed by atoms with Crippen molar-refractivity contribution < 1.29 is 4.42 Å². The molecule has 63 heavy (non-hydrogen) atoms. The average molecular weight is 803 g/mol. The van der Waals surface area contributed by atoms with E-state index < -0.39 is 5.41 Å². The molecule has 0 N–H and O–H groups in total. The van der Waals surface area contributed by atoms with Gasteiger partial charge in [0.1, 0.15) is 11.2 Å². The molecule has 0 atom stereocenters. The van der Waals surface area contributed by atoms with Crippen LogP contribution in [0.15, 0.2) is 211 Å². The molecular weight excluding hydrogens is 769 g/mol. The summed E-state index contributed by atoms with van der Waals surface area (Å²) in [5.74, 6) is 1.77. The predicted octanol–water partition coefficient (Wildman–Crippen LogP) is 14.2. The van der Waals surface area contributed by atoms with Crippen LogP contribution < -0.4 is 0 Å². The Balaban J connectivity index is 1.07. The number of furan rings is 1. The van der Waals surface area contributed by atoms with Gasteiger partial charge in [-0.05, 0) is 74.8 Å².